The van der Waals surface area contributed by atoms with E-state index in [2.05, 4.69) is 0 Å². The first-order valence-electron chi connectivity index (χ1n) is 4.81. The van der Waals surface area contributed by atoms with Crippen LogP contribution in [0.3, 0.4) is 0 Å². The van der Waals surface area contributed by atoms with E-state index in [0.29, 0.717) is 18.8 Å². The Hall–Kier alpha value is -0.120. The zero-order valence-electron chi connectivity index (χ0n) is 7.54. The van der Waals surface area contributed by atoms with Gasteiger partial charge in [-0.1, -0.05) is 0 Å². The molecule has 72 valence electrons. The highest BCUT2D eigenvalue weighted by Gasteiger charge is 2.25. The van der Waals surface area contributed by atoms with Crippen LogP contribution in [0.5, 0.6) is 0 Å². The van der Waals surface area contributed by atoms with Gasteiger partial charge in [-0.2, -0.15) is 0 Å². The van der Waals surface area contributed by atoms with E-state index >= 15 is 0 Å². The lowest BCUT2D eigenvalue weighted by molar-refractivity contribution is -0.0100. The number of ether oxygens (including phenoxy) is 1. The maximum absolute atomic E-state index is 8.51. The summed E-state index contributed by atoms with van der Waals surface area (Å²) in [6.07, 6.45) is 5.50. The smallest absolute Gasteiger partial charge is 0.0604 e. The molecule has 0 aromatic carbocycles. The summed E-state index contributed by atoms with van der Waals surface area (Å²) in [5.41, 5.74) is 5.61. The van der Waals surface area contributed by atoms with E-state index < -0.39 is 0 Å². The summed E-state index contributed by atoms with van der Waals surface area (Å²) < 4.78 is 5.53. The van der Waals surface area contributed by atoms with Crippen LogP contribution in [0.4, 0.5) is 0 Å². The third-order valence-electron chi connectivity index (χ3n) is 2.29. The average molecular weight is 173 g/mol. The van der Waals surface area contributed by atoms with Crippen molar-refractivity contribution in [3.8, 4) is 0 Å². The van der Waals surface area contributed by atoms with Crippen LogP contribution in [0, 0.1) is 0 Å². The highest BCUT2D eigenvalue weighted by molar-refractivity contribution is 4.82. The van der Waals surface area contributed by atoms with Gasteiger partial charge in [0.15, 0.2) is 0 Å². The first kappa shape index (κ1) is 9.96. The first-order chi connectivity index (χ1) is 5.83. The van der Waals surface area contributed by atoms with Crippen molar-refractivity contribution in [3.63, 3.8) is 0 Å². The monoisotopic (exact) mass is 173 g/mol. The van der Waals surface area contributed by atoms with Gasteiger partial charge in [-0.05, 0) is 32.1 Å². The number of hydrogen-bond acceptors (Lipinski definition) is 3. The van der Waals surface area contributed by atoms with Crippen molar-refractivity contribution in [1.82, 2.24) is 0 Å². The Bertz CT molecular complexity index is 113. The molecule has 0 spiro atoms. The molecule has 0 radical (unpaired) electrons. The fraction of sp³-hybridized carbons (Fsp3) is 1.00. The molecule has 0 amide bonds. The molecule has 0 aromatic rings. The van der Waals surface area contributed by atoms with Crippen LogP contribution in [-0.4, -0.2) is 30.5 Å². The number of hydrogen-bond donors (Lipinski definition) is 2. The largest absolute Gasteiger partial charge is 0.396 e. The molecule has 1 saturated carbocycles. The van der Waals surface area contributed by atoms with E-state index in [0.717, 1.165) is 38.7 Å². The highest BCUT2D eigenvalue weighted by atomic mass is 16.5. The summed E-state index contributed by atoms with van der Waals surface area (Å²) in [4.78, 5) is 0. The van der Waals surface area contributed by atoms with Gasteiger partial charge in [0.1, 0.15) is 0 Å². The Kier molecular flexibility index (Phi) is 4.58. The summed E-state index contributed by atoms with van der Waals surface area (Å²) in [6, 6.07) is 0.382. The molecule has 1 aliphatic carbocycles. The number of rotatable bonds is 6. The van der Waals surface area contributed by atoms with Crippen molar-refractivity contribution in [2.45, 2.75) is 44.2 Å². The van der Waals surface area contributed by atoms with Crippen molar-refractivity contribution in [1.29, 1.82) is 0 Å². The molecule has 0 aliphatic heterocycles. The van der Waals surface area contributed by atoms with Crippen LogP contribution in [0.2, 0.25) is 0 Å². The normalized spacial score (nSPS) is 28.5. The van der Waals surface area contributed by atoms with Gasteiger partial charge in [-0.3, -0.25) is 0 Å². The molecule has 3 heteroatoms. The predicted octanol–water partition coefficient (Wildman–Crippen LogP) is 0.655. The van der Waals surface area contributed by atoms with Gasteiger partial charge in [0.05, 0.1) is 6.10 Å². The molecule has 0 saturated heterocycles. The van der Waals surface area contributed by atoms with Crippen LogP contribution in [-0.2, 0) is 4.74 Å². The number of aliphatic hydroxyl groups excluding tert-OH is 1. The maximum atomic E-state index is 8.51. The van der Waals surface area contributed by atoms with Gasteiger partial charge in [0.2, 0.25) is 0 Å². The van der Waals surface area contributed by atoms with E-state index in [1.165, 1.54) is 0 Å². The maximum Gasteiger partial charge on any atom is 0.0604 e. The molecule has 1 fully saturated rings. The van der Waals surface area contributed by atoms with Gasteiger partial charge in [-0.15, -0.1) is 0 Å². The molecule has 3 N–H and O–H groups in total. The van der Waals surface area contributed by atoms with Crippen molar-refractivity contribution < 1.29 is 9.84 Å². The van der Waals surface area contributed by atoms with Gasteiger partial charge >= 0.3 is 0 Å². The first-order valence-corrected chi connectivity index (χ1v) is 4.81. The minimum atomic E-state index is 0.300. The molecule has 0 heterocycles. The Labute approximate surface area is 73.9 Å². The lowest BCUT2D eigenvalue weighted by Crippen LogP contribution is -2.41. The SMILES string of the molecule is NC1CC(OCCCCCO)C1. The van der Waals surface area contributed by atoms with Crippen molar-refractivity contribution in [3.05, 3.63) is 0 Å². The second-order valence-electron chi connectivity index (χ2n) is 3.51. The van der Waals surface area contributed by atoms with Gasteiger partial charge < -0.3 is 15.6 Å². The van der Waals surface area contributed by atoms with Gasteiger partial charge in [0.25, 0.3) is 0 Å². The topological polar surface area (TPSA) is 55.5 Å². The minimum absolute atomic E-state index is 0.300. The fourth-order valence-electron chi connectivity index (χ4n) is 1.38. The van der Waals surface area contributed by atoms with Crippen molar-refractivity contribution in [2.24, 2.45) is 5.73 Å². The zero-order valence-corrected chi connectivity index (χ0v) is 7.54. The van der Waals surface area contributed by atoms with Crippen LogP contribution >= 0.6 is 0 Å². The lowest BCUT2D eigenvalue weighted by Gasteiger charge is -2.32. The van der Waals surface area contributed by atoms with Crippen LogP contribution < -0.4 is 5.73 Å². The van der Waals surface area contributed by atoms with E-state index in [4.69, 9.17) is 15.6 Å². The molecule has 1 rings (SSSR count). The third kappa shape index (κ3) is 3.52. The average Bonchev–Trinajstić information content (AvgIpc) is 2.00. The Morgan fingerprint density at radius 1 is 1.25 bits per heavy atom. The van der Waals surface area contributed by atoms with E-state index in [1.54, 1.807) is 0 Å². The van der Waals surface area contributed by atoms with E-state index in [-0.39, 0.29) is 0 Å². The van der Waals surface area contributed by atoms with Crippen LogP contribution in [0.1, 0.15) is 32.1 Å². The highest BCUT2D eigenvalue weighted by Crippen LogP contribution is 2.21. The summed E-state index contributed by atoms with van der Waals surface area (Å²) >= 11 is 0. The molecular weight excluding hydrogens is 154 g/mol. The molecule has 12 heavy (non-hydrogen) atoms. The molecule has 0 aromatic heterocycles. The molecule has 0 bridgehead atoms. The second-order valence-corrected chi connectivity index (χ2v) is 3.51. The summed E-state index contributed by atoms with van der Waals surface area (Å²) in [5.74, 6) is 0. The molecule has 3 nitrogen and oxygen atoms in total. The Morgan fingerprint density at radius 2 is 2.00 bits per heavy atom. The molecule has 0 atom stereocenters. The van der Waals surface area contributed by atoms with Crippen LogP contribution in [0.15, 0.2) is 0 Å². The second kappa shape index (κ2) is 5.51. The number of nitrogens with two attached hydrogens (primary N) is 1. The quantitative estimate of drug-likeness (QED) is 0.580. The third-order valence-corrected chi connectivity index (χ3v) is 2.29. The number of aliphatic hydroxyl groups is 1. The summed E-state index contributed by atoms with van der Waals surface area (Å²) in [6.45, 7) is 1.13. The van der Waals surface area contributed by atoms with E-state index in [9.17, 15) is 0 Å². The zero-order chi connectivity index (χ0) is 8.81. The Morgan fingerprint density at radius 3 is 2.58 bits per heavy atom. The van der Waals surface area contributed by atoms with Gasteiger partial charge in [-0.25, -0.2) is 0 Å². The van der Waals surface area contributed by atoms with Crippen molar-refractivity contribution in [2.75, 3.05) is 13.2 Å². The van der Waals surface area contributed by atoms with Gasteiger partial charge in [0, 0.05) is 19.3 Å². The Balaban J connectivity index is 1.77. The van der Waals surface area contributed by atoms with Crippen molar-refractivity contribution >= 4 is 0 Å². The summed E-state index contributed by atoms with van der Waals surface area (Å²) in [5, 5.41) is 8.51. The minimum Gasteiger partial charge on any atom is -0.396 e. The molecule has 1 aliphatic rings. The number of unbranched alkanes of at least 4 members (excludes halogenated alkanes) is 2. The lowest BCUT2D eigenvalue weighted by atomic mass is 9.90. The molecular formula is C9H19NO2. The van der Waals surface area contributed by atoms with E-state index in [1.807, 2.05) is 0 Å². The predicted molar refractivity (Wildman–Crippen MR) is 47.9 cm³/mol. The fourth-order valence-corrected chi connectivity index (χ4v) is 1.38. The summed E-state index contributed by atoms with van der Waals surface area (Å²) in [7, 11) is 0. The van der Waals surface area contributed by atoms with Crippen LogP contribution in [0.25, 0.3) is 0 Å². The molecule has 0 unspecified atom stereocenters. The standard InChI is InChI=1S/C9H19NO2/c10-8-6-9(7-8)12-5-3-1-2-4-11/h8-9,11H,1-7,10H2.